The van der Waals surface area contributed by atoms with Crippen LogP contribution in [0.2, 0.25) is 0 Å². The highest BCUT2D eigenvalue weighted by Crippen LogP contribution is 2.27. The van der Waals surface area contributed by atoms with Gasteiger partial charge in [-0.05, 0) is 58.9 Å². The fourth-order valence-electron chi connectivity index (χ4n) is 3.82. The molecule has 1 aliphatic rings. The van der Waals surface area contributed by atoms with Gasteiger partial charge in [-0.25, -0.2) is 21.8 Å². The highest BCUT2D eigenvalue weighted by molar-refractivity contribution is 7.91. The van der Waals surface area contributed by atoms with Gasteiger partial charge in [-0.3, -0.25) is 0 Å². The Balaban J connectivity index is 1.71. The second-order valence-electron chi connectivity index (χ2n) is 8.13. The number of rotatable bonds is 7. The molecule has 1 fully saturated rings. The van der Waals surface area contributed by atoms with Gasteiger partial charge < -0.3 is 4.90 Å². The molecular weight excluding hydrogens is 456 g/mol. The number of thiophene rings is 1. The van der Waals surface area contributed by atoms with Crippen LogP contribution in [0.1, 0.15) is 32.6 Å². The first-order valence-electron chi connectivity index (χ1n) is 10.3. The monoisotopic (exact) mass is 486 g/mol. The first kappa shape index (κ1) is 24.1. The zero-order chi connectivity index (χ0) is 23.0. The molecule has 0 aliphatic carbocycles. The molecule has 2 aromatic rings. The maximum atomic E-state index is 13.0. The van der Waals surface area contributed by atoms with Gasteiger partial charge in [-0.2, -0.15) is 8.61 Å². The van der Waals surface area contributed by atoms with Gasteiger partial charge in [0.05, 0.1) is 0 Å². The number of anilines is 1. The normalized spacial score (nSPS) is 16.6. The summed E-state index contributed by atoms with van der Waals surface area (Å²) in [5, 5.41) is 0. The maximum Gasteiger partial charge on any atom is 0.252 e. The molecule has 1 saturated heterocycles. The number of nitrogens with zero attached hydrogens (tertiary/aromatic N) is 4. The first-order chi connectivity index (χ1) is 14.4. The lowest BCUT2D eigenvalue weighted by atomic mass is 10.3. The van der Waals surface area contributed by atoms with Crippen molar-refractivity contribution in [2.24, 2.45) is 0 Å². The Hall–Kier alpha value is -1.53. The van der Waals surface area contributed by atoms with Crippen molar-refractivity contribution in [1.82, 2.24) is 13.6 Å². The lowest BCUT2D eigenvalue weighted by Gasteiger charge is -2.34. The molecule has 0 saturated carbocycles. The minimum Gasteiger partial charge on any atom is -0.354 e. The van der Waals surface area contributed by atoms with Crippen LogP contribution in [0.25, 0.3) is 0 Å². The Labute approximate surface area is 189 Å². The van der Waals surface area contributed by atoms with E-state index >= 15 is 0 Å². The number of pyridine rings is 1. The predicted molar refractivity (Wildman–Crippen MR) is 124 cm³/mol. The van der Waals surface area contributed by atoms with Crippen molar-refractivity contribution in [2.45, 2.75) is 55.8 Å². The average molecular weight is 487 g/mol. The van der Waals surface area contributed by atoms with Crippen molar-refractivity contribution in [3.63, 3.8) is 0 Å². The van der Waals surface area contributed by atoms with Gasteiger partial charge in [-0.1, -0.05) is 0 Å². The summed E-state index contributed by atoms with van der Waals surface area (Å²) in [5.74, 6) is 0.642. The molecular formula is C20H30N4O4S3. The summed E-state index contributed by atoms with van der Waals surface area (Å²) < 4.78 is 54.9. The molecule has 1 aliphatic heterocycles. The highest BCUT2D eigenvalue weighted by Gasteiger charge is 2.31. The van der Waals surface area contributed by atoms with Crippen molar-refractivity contribution in [3.05, 3.63) is 35.3 Å². The first-order valence-corrected chi connectivity index (χ1v) is 14.0. The molecule has 2 aromatic heterocycles. The van der Waals surface area contributed by atoms with Crippen molar-refractivity contribution in [2.75, 3.05) is 31.1 Å². The lowest BCUT2D eigenvalue weighted by molar-refractivity contribution is 0.302. The minimum atomic E-state index is -3.64. The number of aryl methyl sites for hydroxylation is 1. The third-order valence-electron chi connectivity index (χ3n) is 5.19. The molecule has 3 heterocycles. The standard InChI is InChI=1S/C20H30N4O4S3/c1-15(2)24(16(3)4)30(25,26)18-7-8-19(21-14-18)22-10-12-23(13-11-22)31(27,28)20-9-6-17(5)29-20/h6-9,14-16H,10-13H2,1-5H3. The predicted octanol–water partition coefficient (Wildman–Crippen LogP) is 2.77. The van der Waals surface area contributed by atoms with Crippen LogP contribution in [0.4, 0.5) is 5.82 Å². The second kappa shape index (κ2) is 9.14. The zero-order valence-corrected chi connectivity index (χ0v) is 21.0. The van der Waals surface area contributed by atoms with Crippen molar-refractivity contribution in [1.29, 1.82) is 0 Å². The summed E-state index contributed by atoms with van der Waals surface area (Å²) in [5.41, 5.74) is 0. The summed E-state index contributed by atoms with van der Waals surface area (Å²) in [7, 11) is -7.12. The fourth-order valence-corrected chi connectivity index (χ4v) is 8.46. The summed E-state index contributed by atoms with van der Waals surface area (Å²) >= 11 is 1.28. The molecule has 0 spiro atoms. The molecule has 8 nitrogen and oxygen atoms in total. The van der Waals surface area contributed by atoms with E-state index in [0.29, 0.717) is 36.2 Å². The minimum absolute atomic E-state index is 0.160. The Kier molecular flexibility index (Phi) is 7.11. The van der Waals surface area contributed by atoms with Gasteiger partial charge in [0.1, 0.15) is 14.9 Å². The quantitative estimate of drug-likeness (QED) is 0.598. The third-order valence-corrected chi connectivity index (χ3v) is 10.8. The molecule has 0 N–H and O–H groups in total. The van der Waals surface area contributed by atoms with E-state index in [1.807, 2.05) is 45.6 Å². The molecule has 31 heavy (non-hydrogen) atoms. The second-order valence-corrected chi connectivity index (χ2v) is 13.4. The van der Waals surface area contributed by atoms with E-state index in [2.05, 4.69) is 4.98 Å². The molecule has 0 bridgehead atoms. The Morgan fingerprint density at radius 1 is 0.935 bits per heavy atom. The van der Waals surface area contributed by atoms with Gasteiger partial charge >= 0.3 is 0 Å². The molecule has 0 aromatic carbocycles. The SMILES string of the molecule is Cc1ccc(S(=O)(=O)N2CCN(c3ccc(S(=O)(=O)N(C(C)C)C(C)C)cn3)CC2)s1. The molecule has 0 radical (unpaired) electrons. The van der Waals surface area contributed by atoms with Crippen LogP contribution in [-0.4, -0.2) is 68.7 Å². The van der Waals surface area contributed by atoms with Gasteiger partial charge in [0, 0.05) is 49.3 Å². The number of hydrogen-bond acceptors (Lipinski definition) is 7. The van der Waals surface area contributed by atoms with Crippen LogP contribution in [0.15, 0.2) is 39.6 Å². The van der Waals surface area contributed by atoms with Crippen molar-refractivity contribution in [3.8, 4) is 0 Å². The largest absolute Gasteiger partial charge is 0.354 e. The third kappa shape index (κ3) is 4.95. The van der Waals surface area contributed by atoms with E-state index in [4.69, 9.17) is 0 Å². The Morgan fingerprint density at radius 2 is 1.55 bits per heavy atom. The fraction of sp³-hybridized carbons (Fsp3) is 0.550. The van der Waals surface area contributed by atoms with E-state index in [1.54, 1.807) is 18.2 Å². The molecule has 11 heteroatoms. The van der Waals surface area contributed by atoms with Gasteiger partial charge in [0.15, 0.2) is 0 Å². The van der Waals surface area contributed by atoms with Crippen LogP contribution in [-0.2, 0) is 20.0 Å². The number of aromatic nitrogens is 1. The molecule has 0 atom stereocenters. The van der Waals surface area contributed by atoms with Crippen molar-refractivity contribution < 1.29 is 16.8 Å². The van der Waals surface area contributed by atoms with Gasteiger partial charge in [0.2, 0.25) is 10.0 Å². The Morgan fingerprint density at radius 3 is 2.00 bits per heavy atom. The smallest absolute Gasteiger partial charge is 0.252 e. The van der Waals surface area contributed by atoms with Gasteiger partial charge in [-0.15, -0.1) is 11.3 Å². The van der Waals surface area contributed by atoms with Crippen LogP contribution in [0, 0.1) is 6.92 Å². The van der Waals surface area contributed by atoms with E-state index in [-0.39, 0.29) is 17.0 Å². The zero-order valence-electron chi connectivity index (χ0n) is 18.5. The van der Waals surface area contributed by atoms with Gasteiger partial charge in [0.25, 0.3) is 10.0 Å². The average Bonchev–Trinajstić information content (AvgIpc) is 3.14. The summed E-state index contributed by atoms with van der Waals surface area (Å²) in [6, 6.07) is 6.41. The number of sulfonamides is 2. The highest BCUT2D eigenvalue weighted by atomic mass is 32.2. The van der Waals surface area contributed by atoms with Crippen LogP contribution in [0.3, 0.4) is 0 Å². The van der Waals surface area contributed by atoms with Crippen LogP contribution < -0.4 is 4.90 Å². The topological polar surface area (TPSA) is 90.9 Å². The summed E-state index contributed by atoms with van der Waals surface area (Å²) in [6.07, 6.45) is 1.39. The van der Waals surface area contributed by atoms with Crippen LogP contribution in [0.5, 0.6) is 0 Å². The summed E-state index contributed by atoms with van der Waals surface area (Å²) in [6.45, 7) is 11.0. The number of hydrogen-bond donors (Lipinski definition) is 0. The van der Waals surface area contributed by atoms with E-state index in [1.165, 1.54) is 26.1 Å². The molecule has 172 valence electrons. The summed E-state index contributed by atoms with van der Waals surface area (Å²) in [4.78, 5) is 7.47. The molecule has 3 rings (SSSR count). The molecule has 0 amide bonds. The number of piperazine rings is 1. The van der Waals surface area contributed by atoms with Crippen molar-refractivity contribution >= 4 is 37.2 Å². The van der Waals surface area contributed by atoms with E-state index < -0.39 is 20.0 Å². The Bertz CT molecular complexity index is 1090. The molecule has 0 unspecified atom stereocenters. The van der Waals surface area contributed by atoms with E-state index in [9.17, 15) is 16.8 Å². The van der Waals surface area contributed by atoms with E-state index in [0.717, 1.165) is 4.88 Å². The van der Waals surface area contributed by atoms with Crippen LogP contribution >= 0.6 is 11.3 Å². The lowest BCUT2D eigenvalue weighted by Crippen LogP contribution is -2.48. The maximum absolute atomic E-state index is 13.0.